The summed E-state index contributed by atoms with van der Waals surface area (Å²) in [6.07, 6.45) is -0.672. The van der Waals surface area contributed by atoms with Crippen molar-refractivity contribution in [1.82, 2.24) is 14.9 Å². The maximum atomic E-state index is 12.3. The lowest BCUT2D eigenvalue weighted by molar-refractivity contribution is -0.127. The first-order valence-electron chi connectivity index (χ1n) is 8.27. The highest BCUT2D eigenvalue weighted by Crippen LogP contribution is 2.28. The fourth-order valence-corrected chi connectivity index (χ4v) is 3.18. The highest BCUT2D eigenvalue weighted by atomic mass is 35.5. The van der Waals surface area contributed by atoms with Gasteiger partial charge in [-0.05, 0) is 44.2 Å². The molecule has 0 saturated carbocycles. The van der Waals surface area contributed by atoms with Gasteiger partial charge in [0, 0.05) is 18.1 Å². The summed E-state index contributed by atoms with van der Waals surface area (Å²) in [6, 6.07) is 12.8. The van der Waals surface area contributed by atoms with E-state index in [9.17, 15) is 4.79 Å². The van der Waals surface area contributed by atoms with E-state index in [4.69, 9.17) is 27.9 Å². The Bertz CT molecular complexity index is 940. The summed E-state index contributed by atoms with van der Waals surface area (Å²) in [5.74, 6) is 1.13. The van der Waals surface area contributed by atoms with Crippen LogP contribution in [0.25, 0.3) is 11.0 Å². The Labute approximate surface area is 161 Å². The van der Waals surface area contributed by atoms with Gasteiger partial charge in [-0.3, -0.25) is 4.79 Å². The number of aromatic nitrogens is 2. The quantitative estimate of drug-likeness (QED) is 0.683. The van der Waals surface area contributed by atoms with Crippen molar-refractivity contribution in [3.63, 3.8) is 0 Å². The Kier molecular flexibility index (Phi) is 5.69. The van der Waals surface area contributed by atoms with Gasteiger partial charge in [0.15, 0.2) is 6.10 Å². The van der Waals surface area contributed by atoms with Gasteiger partial charge < -0.3 is 14.6 Å². The second-order valence-electron chi connectivity index (χ2n) is 5.93. The third-order valence-electron chi connectivity index (χ3n) is 4.05. The fourth-order valence-electron chi connectivity index (χ4n) is 2.73. The number of hydrogen-bond acceptors (Lipinski definition) is 3. The molecular weight excluding hydrogens is 373 g/mol. The number of halogens is 2. The summed E-state index contributed by atoms with van der Waals surface area (Å²) in [5, 5.41) is 3.77. The standard InChI is InChI=1S/C19H19Cl2N3O2/c1-12(26-18-8-7-14(20)11-15(18)21)19(25)22-9-10-24-13(2)23-16-5-3-4-6-17(16)24/h3-8,11-12H,9-10H2,1-2H3,(H,22,25)/t12-/m0/s1. The Morgan fingerprint density at radius 2 is 2.04 bits per heavy atom. The molecule has 26 heavy (non-hydrogen) atoms. The third kappa shape index (κ3) is 4.11. The number of aryl methyl sites for hydroxylation is 1. The number of para-hydroxylation sites is 2. The molecule has 1 atom stereocenters. The molecule has 3 rings (SSSR count). The predicted molar refractivity (Wildman–Crippen MR) is 104 cm³/mol. The molecule has 1 N–H and O–H groups in total. The monoisotopic (exact) mass is 391 g/mol. The van der Waals surface area contributed by atoms with E-state index in [1.807, 2.05) is 31.2 Å². The molecule has 0 aliphatic carbocycles. The molecular formula is C19H19Cl2N3O2. The number of carbonyl (C=O) groups is 1. The zero-order valence-corrected chi connectivity index (χ0v) is 16.0. The van der Waals surface area contributed by atoms with Crippen LogP contribution in [0, 0.1) is 6.92 Å². The summed E-state index contributed by atoms with van der Waals surface area (Å²) in [7, 11) is 0. The van der Waals surface area contributed by atoms with Crippen LogP contribution in [0.5, 0.6) is 5.75 Å². The fraction of sp³-hybridized carbons (Fsp3) is 0.263. The maximum absolute atomic E-state index is 12.3. The van der Waals surface area contributed by atoms with Crippen LogP contribution in [0.15, 0.2) is 42.5 Å². The van der Waals surface area contributed by atoms with E-state index in [1.54, 1.807) is 25.1 Å². The van der Waals surface area contributed by atoms with E-state index in [-0.39, 0.29) is 5.91 Å². The van der Waals surface area contributed by atoms with Crippen molar-refractivity contribution in [1.29, 1.82) is 0 Å². The summed E-state index contributed by atoms with van der Waals surface area (Å²) in [4.78, 5) is 16.8. The maximum Gasteiger partial charge on any atom is 0.260 e. The number of ether oxygens (including phenoxy) is 1. The first kappa shape index (κ1) is 18.5. The second kappa shape index (κ2) is 7.98. The molecule has 0 fully saturated rings. The van der Waals surface area contributed by atoms with Crippen molar-refractivity contribution in [2.24, 2.45) is 0 Å². The lowest BCUT2D eigenvalue weighted by Gasteiger charge is -2.16. The highest BCUT2D eigenvalue weighted by molar-refractivity contribution is 6.35. The minimum absolute atomic E-state index is 0.210. The number of hydrogen-bond donors (Lipinski definition) is 1. The van der Waals surface area contributed by atoms with E-state index in [0.29, 0.717) is 28.9 Å². The van der Waals surface area contributed by atoms with E-state index in [2.05, 4.69) is 14.9 Å². The molecule has 0 saturated heterocycles. The average molecular weight is 392 g/mol. The van der Waals surface area contributed by atoms with Crippen LogP contribution in [0.4, 0.5) is 0 Å². The number of rotatable bonds is 6. The molecule has 1 amide bonds. The highest BCUT2D eigenvalue weighted by Gasteiger charge is 2.16. The van der Waals surface area contributed by atoms with Crippen molar-refractivity contribution < 1.29 is 9.53 Å². The van der Waals surface area contributed by atoms with Crippen molar-refractivity contribution in [3.05, 3.63) is 58.3 Å². The van der Waals surface area contributed by atoms with Gasteiger partial charge in [-0.2, -0.15) is 0 Å². The molecule has 2 aromatic carbocycles. The van der Waals surface area contributed by atoms with Crippen molar-refractivity contribution in [2.75, 3.05) is 6.54 Å². The van der Waals surface area contributed by atoms with Crippen LogP contribution in [0.1, 0.15) is 12.7 Å². The van der Waals surface area contributed by atoms with Crippen LogP contribution in [0.3, 0.4) is 0 Å². The van der Waals surface area contributed by atoms with Crippen molar-refractivity contribution >= 4 is 40.1 Å². The molecule has 0 unspecified atom stereocenters. The van der Waals surface area contributed by atoms with Gasteiger partial charge in [0.2, 0.25) is 0 Å². The van der Waals surface area contributed by atoms with Gasteiger partial charge >= 0.3 is 0 Å². The topological polar surface area (TPSA) is 56.2 Å². The SMILES string of the molecule is Cc1nc2ccccc2n1CCNC(=O)[C@H](C)Oc1ccc(Cl)cc1Cl. The normalized spacial score (nSPS) is 12.2. The molecule has 0 radical (unpaired) electrons. The predicted octanol–water partition coefficient (Wildman–Crippen LogP) is 4.24. The molecule has 7 heteroatoms. The largest absolute Gasteiger partial charge is 0.479 e. The van der Waals surface area contributed by atoms with Crippen molar-refractivity contribution in [3.8, 4) is 5.75 Å². The molecule has 1 heterocycles. The first-order chi connectivity index (χ1) is 12.5. The molecule has 5 nitrogen and oxygen atoms in total. The molecule has 0 aliphatic rings. The minimum Gasteiger partial charge on any atom is -0.479 e. The van der Waals surface area contributed by atoms with Crippen LogP contribution in [-0.2, 0) is 11.3 Å². The summed E-state index contributed by atoms with van der Waals surface area (Å²) in [6.45, 7) is 4.74. The molecule has 0 spiro atoms. The molecule has 3 aromatic rings. The molecule has 0 aliphatic heterocycles. The number of fused-ring (bicyclic) bond motifs is 1. The van der Waals surface area contributed by atoms with Gasteiger partial charge in [-0.25, -0.2) is 4.98 Å². The number of imidazole rings is 1. The Balaban J connectivity index is 1.57. The molecule has 136 valence electrons. The molecule has 0 bridgehead atoms. The number of carbonyl (C=O) groups excluding carboxylic acids is 1. The van der Waals surface area contributed by atoms with Crippen LogP contribution < -0.4 is 10.1 Å². The smallest absolute Gasteiger partial charge is 0.260 e. The second-order valence-corrected chi connectivity index (χ2v) is 6.77. The van der Waals surface area contributed by atoms with Gasteiger partial charge in [-0.1, -0.05) is 35.3 Å². The van der Waals surface area contributed by atoms with E-state index < -0.39 is 6.10 Å². The van der Waals surface area contributed by atoms with Crippen LogP contribution in [0.2, 0.25) is 10.0 Å². The average Bonchev–Trinajstić information content (AvgIpc) is 2.93. The Morgan fingerprint density at radius 1 is 1.27 bits per heavy atom. The van der Waals surface area contributed by atoms with Gasteiger partial charge in [0.1, 0.15) is 11.6 Å². The van der Waals surface area contributed by atoms with Crippen molar-refractivity contribution in [2.45, 2.75) is 26.5 Å². The van der Waals surface area contributed by atoms with Gasteiger partial charge in [-0.15, -0.1) is 0 Å². The Morgan fingerprint density at radius 3 is 2.81 bits per heavy atom. The molecule has 1 aromatic heterocycles. The summed E-state index contributed by atoms with van der Waals surface area (Å²) < 4.78 is 7.70. The number of nitrogens with zero attached hydrogens (tertiary/aromatic N) is 2. The van der Waals surface area contributed by atoms with Gasteiger partial charge in [0.25, 0.3) is 5.91 Å². The van der Waals surface area contributed by atoms with E-state index in [1.165, 1.54) is 0 Å². The number of amides is 1. The zero-order valence-electron chi connectivity index (χ0n) is 14.5. The van der Waals surface area contributed by atoms with Crippen LogP contribution in [-0.4, -0.2) is 28.1 Å². The van der Waals surface area contributed by atoms with Crippen LogP contribution >= 0.6 is 23.2 Å². The van der Waals surface area contributed by atoms with E-state index >= 15 is 0 Å². The lowest BCUT2D eigenvalue weighted by atomic mass is 10.3. The third-order valence-corrected chi connectivity index (χ3v) is 4.58. The number of benzene rings is 2. The number of nitrogens with one attached hydrogen (secondary N) is 1. The summed E-state index contributed by atoms with van der Waals surface area (Å²) in [5.41, 5.74) is 2.00. The Hall–Kier alpha value is -2.24. The lowest BCUT2D eigenvalue weighted by Crippen LogP contribution is -2.38. The first-order valence-corrected chi connectivity index (χ1v) is 9.02. The van der Waals surface area contributed by atoms with Gasteiger partial charge in [0.05, 0.1) is 16.1 Å². The zero-order chi connectivity index (χ0) is 18.7. The van der Waals surface area contributed by atoms with E-state index in [0.717, 1.165) is 16.9 Å². The minimum atomic E-state index is -0.672. The summed E-state index contributed by atoms with van der Waals surface area (Å²) >= 11 is 11.9.